The minimum absolute atomic E-state index is 0.0348. The number of nitrogens with zero attached hydrogens (tertiary/aromatic N) is 3. The molecule has 0 spiro atoms. The summed E-state index contributed by atoms with van der Waals surface area (Å²) >= 11 is 0. The van der Waals surface area contributed by atoms with Crippen molar-refractivity contribution in [2.24, 2.45) is 11.1 Å². The second-order valence-corrected chi connectivity index (χ2v) is 6.13. The highest BCUT2D eigenvalue weighted by molar-refractivity contribution is 5.79. The highest BCUT2D eigenvalue weighted by atomic mass is 19.3. The second kappa shape index (κ2) is 5.71. The van der Waals surface area contributed by atoms with Gasteiger partial charge in [0, 0.05) is 24.3 Å². The zero-order valence-corrected chi connectivity index (χ0v) is 12.7. The molecule has 1 amide bonds. The topological polar surface area (TPSA) is 64.2 Å². The summed E-state index contributed by atoms with van der Waals surface area (Å²) < 4.78 is 26.3. The summed E-state index contributed by atoms with van der Waals surface area (Å²) in [5.74, 6) is -0.0489. The van der Waals surface area contributed by atoms with Crippen LogP contribution in [-0.2, 0) is 11.2 Å². The van der Waals surface area contributed by atoms with E-state index in [1.807, 2.05) is 0 Å². The van der Waals surface area contributed by atoms with Crippen molar-refractivity contribution >= 4 is 5.91 Å². The molecule has 1 aliphatic rings. The lowest BCUT2D eigenvalue weighted by atomic mass is 9.90. The van der Waals surface area contributed by atoms with Gasteiger partial charge in [0.15, 0.2) is 0 Å². The summed E-state index contributed by atoms with van der Waals surface area (Å²) in [6.45, 7) is 4.45. The minimum atomic E-state index is -2.68. The standard InChI is InChI=1S/C14H22F2N4O/c1-9-11(10(2)20(18-9)13(15)16)6-12(21)19-5-4-14(3,7-17)8-19/h13H,4-8,17H2,1-3H3. The minimum Gasteiger partial charge on any atom is -0.342 e. The smallest absolute Gasteiger partial charge is 0.333 e. The average molecular weight is 300 g/mol. The van der Waals surface area contributed by atoms with E-state index in [2.05, 4.69) is 12.0 Å². The first kappa shape index (κ1) is 15.9. The largest absolute Gasteiger partial charge is 0.342 e. The van der Waals surface area contributed by atoms with Crippen molar-refractivity contribution in [1.82, 2.24) is 14.7 Å². The number of hydrogen-bond acceptors (Lipinski definition) is 3. The quantitative estimate of drug-likeness (QED) is 0.919. The summed E-state index contributed by atoms with van der Waals surface area (Å²) in [5, 5.41) is 3.81. The van der Waals surface area contributed by atoms with Crippen molar-refractivity contribution in [1.29, 1.82) is 0 Å². The molecular formula is C14H22F2N4O. The van der Waals surface area contributed by atoms with E-state index in [-0.39, 0.29) is 17.7 Å². The Balaban J connectivity index is 2.11. The Morgan fingerprint density at radius 1 is 1.48 bits per heavy atom. The Morgan fingerprint density at radius 2 is 2.14 bits per heavy atom. The Morgan fingerprint density at radius 3 is 2.62 bits per heavy atom. The Kier molecular flexibility index (Phi) is 4.32. The van der Waals surface area contributed by atoms with E-state index in [4.69, 9.17) is 5.73 Å². The van der Waals surface area contributed by atoms with E-state index >= 15 is 0 Å². The number of hydrogen-bond donors (Lipinski definition) is 1. The lowest BCUT2D eigenvalue weighted by molar-refractivity contribution is -0.129. The molecule has 0 saturated carbocycles. The van der Waals surface area contributed by atoms with Crippen LogP contribution < -0.4 is 5.73 Å². The van der Waals surface area contributed by atoms with E-state index in [0.29, 0.717) is 41.3 Å². The molecular weight excluding hydrogens is 278 g/mol. The SMILES string of the molecule is Cc1nn(C(F)F)c(C)c1CC(=O)N1CCC(C)(CN)C1. The van der Waals surface area contributed by atoms with Gasteiger partial charge >= 0.3 is 6.55 Å². The van der Waals surface area contributed by atoms with Crippen molar-refractivity contribution in [3.05, 3.63) is 17.0 Å². The molecule has 1 atom stereocenters. The lowest BCUT2D eigenvalue weighted by Crippen LogP contribution is -2.35. The number of nitrogens with two attached hydrogens (primary N) is 1. The number of likely N-dealkylation sites (tertiary alicyclic amines) is 1. The van der Waals surface area contributed by atoms with Gasteiger partial charge in [-0.2, -0.15) is 13.9 Å². The van der Waals surface area contributed by atoms with Crippen molar-refractivity contribution in [2.45, 2.75) is 40.2 Å². The Bertz CT molecular complexity index is 543. The third kappa shape index (κ3) is 3.07. The van der Waals surface area contributed by atoms with Crippen LogP contribution in [-0.4, -0.2) is 40.2 Å². The van der Waals surface area contributed by atoms with Crippen LogP contribution in [0.2, 0.25) is 0 Å². The fraction of sp³-hybridized carbons (Fsp3) is 0.714. The molecule has 1 aromatic heterocycles. The maximum absolute atomic E-state index is 12.8. The van der Waals surface area contributed by atoms with E-state index in [1.54, 1.807) is 18.7 Å². The highest BCUT2D eigenvalue weighted by Gasteiger charge is 2.35. The van der Waals surface area contributed by atoms with Gasteiger partial charge in [-0.15, -0.1) is 0 Å². The fourth-order valence-corrected chi connectivity index (χ4v) is 2.81. The van der Waals surface area contributed by atoms with Gasteiger partial charge < -0.3 is 10.6 Å². The van der Waals surface area contributed by atoms with Gasteiger partial charge in [-0.25, -0.2) is 4.68 Å². The predicted octanol–water partition coefficient (Wildman–Crippen LogP) is 1.63. The number of alkyl halides is 2. The van der Waals surface area contributed by atoms with E-state index in [9.17, 15) is 13.6 Å². The number of halogens is 2. The van der Waals surface area contributed by atoms with E-state index < -0.39 is 6.55 Å². The molecule has 0 bridgehead atoms. The van der Waals surface area contributed by atoms with Crippen molar-refractivity contribution in [3.8, 4) is 0 Å². The molecule has 0 radical (unpaired) electrons. The molecule has 21 heavy (non-hydrogen) atoms. The average Bonchev–Trinajstić information content (AvgIpc) is 2.95. The van der Waals surface area contributed by atoms with Gasteiger partial charge in [0.25, 0.3) is 0 Å². The highest BCUT2D eigenvalue weighted by Crippen LogP contribution is 2.29. The third-order valence-corrected chi connectivity index (χ3v) is 4.39. The van der Waals surface area contributed by atoms with Crippen LogP contribution in [0.25, 0.3) is 0 Å². The van der Waals surface area contributed by atoms with E-state index in [1.165, 1.54) is 0 Å². The first-order valence-electron chi connectivity index (χ1n) is 7.08. The van der Waals surface area contributed by atoms with Crippen LogP contribution in [0, 0.1) is 19.3 Å². The van der Waals surface area contributed by atoms with Gasteiger partial charge in [0.05, 0.1) is 12.1 Å². The number of aromatic nitrogens is 2. The zero-order valence-electron chi connectivity index (χ0n) is 12.7. The van der Waals surface area contributed by atoms with Gasteiger partial charge in [0.2, 0.25) is 5.91 Å². The normalized spacial score (nSPS) is 22.3. The van der Waals surface area contributed by atoms with Crippen molar-refractivity contribution < 1.29 is 13.6 Å². The fourth-order valence-electron chi connectivity index (χ4n) is 2.81. The molecule has 2 N–H and O–H groups in total. The lowest BCUT2D eigenvalue weighted by Gasteiger charge is -2.22. The van der Waals surface area contributed by atoms with Gasteiger partial charge in [-0.3, -0.25) is 4.79 Å². The number of amides is 1. The monoisotopic (exact) mass is 300 g/mol. The Labute approximate surface area is 123 Å². The van der Waals surface area contributed by atoms with Crippen LogP contribution in [0.5, 0.6) is 0 Å². The summed E-state index contributed by atoms with van der Waals surface area (Å²) in [5.41, 5.74) is 7.14. The molecule has 118 valence electrons. The van der Waals surface area contributed by atoms with E-state index in [0.717, 1.165) is 6.42 Å². The molecule has 5 nitrogen and oxygen atoms in total. The molecule has 0 aliphatic carbocycles. The molecule has 0 aromatic carbocycles. The molecule has 1 unspecified atom stereocenters. The first-order valence-corrected chi connectivity index (χ1v) is 7.08. The third-order valence-electron chi connectivity index (χ3n) is 4.39. The molecule has 1 aliphatic heterocycles. The molecule has 1 fully saturated rings. The van der Waals surface area contributed by atoms with Gasteiger partial charge in [-0.05, 0) is 32.2 Å². The Hall–Kier alpha value is -1.50. The van der Waals surface area contributed by atoms with Crippen LogP contribution in [0.3, 0.4) is 0 Å². The zero-order chi connectivity index (χ0) is 15.8. The van der Waals surface area contributed by atoms with Crippen LogP contribution in [0.15, 0.2) is 0 Å². The summed E-state index contributed by atoms with van der Waals surface area (Å²) in [6.07, 6.45) is 0.995. The molecule has 2 rings (SSSR count). The molecule has 1 saturated heterocycles. The van der Waals surface area contributed by atoms with Crippen molar-refractivity contribution in [2.75, 3.05) is 19.6 Å². The number of aryl methyl sites for hydroxylation is 1. The number of carbonyl (C=O) groups excluding carboxylic acids is 1. The summed E-state index contributed by atoms with van der Waals surface area (Å²) in [7, 11) is 0. The second-order valence-electron chi connectivity index (χ2n) is 6.13. The first-order chi connectivity index (χ1) is 9.77. The van der Waals surface area contributed by atoms with Crippen molar-refractivity contribution in [3.63, 3.8) is 0 Å². The van der Waals surface area contributed by atoms with Crippen LogP contribution in [0.1, 0.15) is 36.8 Å². The maximum atomic E-state index is 12.8. The molecule has 1 aromatic rings. The summed E-state index contributed by atoms with van der Waals surface area (Å²) in [6, 6.07) is 0. The van der Waals surface area contributed by atoms with Gasteiger partial charge in [0.1, 0.15) is 0 Å². The summed E-state index contributed by atoms with van der Waals surface area (Å²) in [4.78, 5) is 14.1. The number of rotatable bonds is 4. The van der Waals surface area contributed by atoms with Gasteiger partial charge in [-0.1, -0.05) is 6.92 Å². The van der Waals surface area contributed by atoms with Crippen LogP contribution in [0.4, 0.5) is 8.78 Å². The molecule has 7 heteroatoms. The maximum Gasteiger partial charge on any atom is 0.333 e. The predicted molar refractivity (Wildman–Crippen MR) is 75.0 cm³/mol. The molecule has 2 heterocycles. The van der Waals surface area contributed by atoms with Crippen LogP contribution >= 0.6 is 0 Å². The number of carbonyl (C=O) groups is 1.